The van der Waals surface area contributed by atoms with Crippen LogP contribution in [0.25, 0.3) is 0 Å². The molecule has 0 aliphatic heterocycles. The van der Waals surface area contributed by atoms with Crippen LogP contribution >= 0.6 is 11.6 Å². The molecule has 0 fully saturated rings. The Hall–Kier alpha value is -2.29. The molecular formula is C22H22ClNO. The minimum absolute atomic E-state index is 0.286. The van der Waals surface area contributed by atoms with E-state index in [-0.39, 0.29) is 6.04 Å². The van der Waals surface area contributed by atoms with Crippen LogP contribution < -0.4 is 10.1 Å². The molecule has 3 heteroatoms. The zero-order chi connectivity index (χ0) is 17.5. The lowest BCUT2D eigenvalue weighted by Gasteiger charge is -2.15. The second-order valence-corrected chi connectivity index (χ2v) is 6.46. The molecule has 3 aromatic rings. The van der Waals surface area contributed by atoms with E-state index >= 15 is 0 Å². The normalized spacial score (nSPS) is 11.9. The molecule has 0 unspecified atom stereocenters. The van der Waals surface area contributed by atoms with E-state index in [4.69, 9.17) is 16.3 Å². The van der Waals surface area contributed by atoms with Crippen molar-refractivity contribution in [2.24, 2.45) is 0 Å². The molecular weight excluding hydrogens is 330 g/mol. The highest BCUT2D eigenvalue weighted by Crippen LogP contribution is 2.26. The molecule has 2 nitrogen and oxygen atoms in total. The molecule has 0 spiro atoms. The molecule has 0 radical (unpaired) electrons. The number of ether oxygens (including phenoxy) is 1. The van der Waals surface area contributed by atoms with E-state index in [1.807, 2.05) is 48.5 Å². The monoisotopic (exact) mass is 351 g/mol. The summed E-state index contributed by atoms with van der Waals surface area (Å²) < 4.78 is 5.82. The van der Waals surface area contributed by atoms with Crippen LogP contribution in [0.3, 0.4) is 0 Å². The first kappa shape index (κ1) is 17.5. The minimum Gasteiger partial charge on any atom is -0.487 e. The van der Waals surface area contributed by atoms with Gasteiger partial charge < -0.3 is 10.1 Å². The molecule has 0 heterocycles. The fourth-order valence-electron chi connectivity index (χ4n) is 2.64. The van der Waals surface area contributed by atoms with Gasteiger partial charge in [-0.2, -0.15) is 0 Å². The van der Waals surface area contributed by atoms with Crippen molar-refractivity contribution >= 4 is 11.6 Å². The largest absolute Gasteiger partial charge is 0.487 e. The third-order valence-electron chi connectivity index (χ3n) is 4.15. The maximum atomic E-state index is 6.38. The van der Waals surface area contributed by atoms with Crippen molar-refractivity contribution in [2.45, 2.75) is 26.1 Å². The van der Waals surface area contributed by atoms with E-state index in [2.05, 4.69) is 42.6 Å². The highest BCUT2D eigenvalue weighted by atomic mass is 35.5. The molecule has 3 rings (SSSR count). The molecule has 128 valence electrons. The molecule has 0 saturated carbocycles. The van der Waals surface area contributed by atoms with Crippen LogP contribution in [0.1, 0.15) is 29.7 Å². The molecule has 0 aliphatic carbocycles. The van der Waals surface area contributed by atoms with Crippen molar-refractivity contribution in [1.82, 2.24) is 5.32 Å². The van der Waals surface area contributed by atoms with Gasteiger partial charge in [-0.05, 0) is 35.7 Å². The summed E-state index contributed by atoms with van der Waals surface area (Å²) in [6.07, 6.45) is 0. The van der Waals surface area contributed by atoms with Crippen LogP contribution in [0.2, 0.25) is 5.02 Å². The van der Waals surface area contributed by atoms with Gasteiger partial charge in [-0.1, -0.05) is 78.3 Å². The Morgan fingerprint density at radius 3 is 2.24 bits per heavy atom. The van der Waals surface area contributed by atoms with Gasteiger partial charge in [0, 0.05) is 12.6 Å². The maximum Gasteiger partial charge on any atom is 0.138 e. The van der Waals surface area contributed by atoms with E-state index in [0.717, 1.165) is 17.7 Å². The van der Waals surface area contributed by atoms with E-state index < -0.39 is 0 Å². The average molecular weight is 352 g/mol. The predicted octanol–water partition coefficient (Wildman–Crippen LogP) is 5.77. The third kappa shape index (κ3) is 5.09. The summed E-state index contributed by atoms with van der Waals surface area (Å²) in [5.41, 5.74) is 3.54. The first-order chi connectivity index (χ1) is 12.2. The lowest BCUT2D eigenvalue weighted by atomic mass is 10.1. The molecule has 3 aromatic carbocycles. The van der Waals surface area contributed by atoms with Crippen LogP contribution in [-0.4, -0.2) is 0 Å². The Kier molecular flexibility index (Phi) is 6.10. The quantitative estimate of drug-likeness (QED) is 0.583. The molecule has 0 amide bonds. The van der Waals surface area contributed by atoms with Gasteiger partial charge in [0.25, 0.3) is 0 Å². The van der Waals surface area contributed by atoms with Gasteiger partial charge in [0.05, 0.1) is 5.02 Å². The van der Waals surface area contributed by atoms with Gasteiger partial charge in [0.1, 0.15) is 12.4 Å². The van der Waals surface area contributed by atoms with Gasteiger partial charge >= 0.3 is 0 Å². The Bertz CT molecular complexity index is 790. The fraction of sp³-hybridized carbons (Fsp3) is 0.182. The van der Waals surface area contributed by atoms with Crippen molar-refractivity contribution in [2.75, 3.05) is 0 Å². The Balaban J connectivity index is 1.56. The standard InChI is InChI=1S/C22H22ClNO/c1-17(20-10-6-3-7-11-20)24-15-19-12-13-22(21(23)14-19)25-16-18-8-4-2-5-9-18/h2-14,17,24H,15-16H2,1H3/t17-/m1/s1. The molecule has 0 bridgehead atoms. The second-order valence-electron chi connectivity index (χ2n) is 6.05. The number of rotatable bonds is 7. The Morgan fingerprint density at radius 2 is 1.56 bits per heavy atom. The summed E-state index contributed by atoms with van der Waals surface area (Å²) >= 11 is 6.38. The van der Waals surface area contributed by atoms with Gasteiger partial charge in [-0.15, -0.1) is 0 Å². The summed E-state index contributed by atoms with van der Waals surface area (Å²) in [5.74, 6) is 0.713. The lowest BCUT2D eigenvalue weighted by Crippen LogP contribution is -2.17. The van der Waals surface area contributed by atoms with Crippen LogP contribution in [0.4, 0.5) is 0 Å². The summed E-state index contributed by atoms with van der Waals surface area (Å²) in [6.45, 7) is 3.44. The Morgan fingerprint density at radius 1 is 0.880 bits per heavy atom. The maximum absolute atomic E-state index is 6.38. The molecule has 0 saturated heterocycles. The topological polar surface area (TPSA) is 21.3 Å². The van der Waals surface area contributed by atoms with Crippen molar-refractivity contribution in [3.8, 4) is 5.75 Å². The highest BCUT2D eigenvalue weighted by Gasteiger charge is 2.07. The number of halogens is 1. The summed E-state index contributed by atoms with van der Waals surface area (Å²) in [4.78, 5) is 0. The summed E-state index contributed by atoms with van der Waals surface area (Å²) in [6, 6.07) is 26.7. The number of hydrogen-bond acceptors (Lipinski definition) is 2. The average Bonchev–Trinajstić information content (AvgIpc) is 2.67. The highest BCUT2D eigenvalue weighted by molar-refractivity contribution is 6.32. The van der Waals surface area contributed by atoms with Crippen LogP contribution in [0.5, 0.6) is 5.75 Å². The van der Waals surface area contributed by atoms with E-state index in [1.165, 1.54) is 5.56 Å². The fourth-order valence-corrected chi connectivity index (χ4v) is 2.89. The third-order valence-corrected chi connectivity index (χ3v) is 4.44. The van der Waals surface area contributed by atoms with Crippen LogP contribution in [-0.2, 0) is 13.2 Å². The van der Waals surface area contributed by atoms with Gasteiger partial charge in [-0.3, -0.25) is 0 Å². The first-order valence-electron chi connectivity index (χ1n) is 8.46. The van der Waals surface area contributed by atoms with Gasteiger partial charge in [0.2, 0.25) is 0 Å². The summed E-state index contributed by atoms with van der Waals surface area (Å²) in [5, 5.41) is 4.16. The molecule has 1 atom stereocenters. The zero-order valence-electron chi connectivity index (χ0n) is 14.3. The van der Waals surface area contributed by atoms with E-state index in [9.17, 15) is 0 Å². The summed E-state index contributed by atoms with van der Waals surface area (Å²) in [7, 11) is 0. The van der Waals surface area contributed by atoms with Crippen molar-refractivity contribution in [1.29, 1.82) is 0 Å². The van der Waals surface area contributed by atoms with E-state index in [0.29, 0.717) is 17.4 Å². The number of nitrogens with one attached hydrogen (secondary N) is 1. The van der Waals surface area contributed by atoms with Gasteiger partial charge in [0.15, 0.2) is 0 Å². The van der Waals surface area contributed by atoms with Crippen molar-refractivity contribution < 1.29 is 4.74 Å². The predicted molar refractivity (Wildman–Crippen MR) is 104 cm³/mol. The second kappa shape index (κ2) is 8.70. The molecule has 1 N–H and O–H groups in total. The first-order valence-corrected chi connectivity index (χ1v) is 8.83. The molecule has 0 aromatic heterocycles. The SMILES string of the molecule is C[C@@H](NCc1ccc(OCc2ccccc2)c(Cl)c1)c1ccccc1. The molecule has 25 heavy (non-hydrogen) atoms. The van der Waals surface area contributed by atoms with Crippen molar-refractivity contribution in [3.63, 3.8) is 0 Å². The van der Waals surface area contributed by atoms with Gasteiger partial charge in [-0.25, -0.2) is 0 Å². The molecule has 0 aliphatic rings. The lowest BCUT2D eigenvalue weighted by molar-refractivity contribution is 0.306. The zero-order valence-corrected chi connectivity index (χ0v) is 15.0. The van der Waals surface area contributed by atoms with Crippen molar-refractivity contribution in [3.05, 3.63) is 101 Å². The smallest absolute Gasteiger partial charge is 0.138 e. The van der Waals surface area contributed by atoms with Crippen LogP contribution in [0, 0.1) is 0 Å². The van der Waals surface area contributed by atoms with E-state index in [1.54, 1.807) is 0 Å². The Labute approximate surface area is 154 Å². The number of benzene rings is 3. The minimum atomic E-state index is 0.286. The van der Waals surface area contributed by atoms with Crippen LogP contribution in [0.15, 0.2) is 78.9 Å². The number of hydrogen-bond donors (Lipinski definition) is 1.